The molecule has 1 aromatic carbocycles. The second-order valence-electron chi connectivity index (χ2n) is 4.86. The van der Waals surface area contributed by atoms with E-state index in [1.54, 1.807) is 37.5 Å². The van der Waals surface area contributed by atoms with Gasteiger partial charge in [0.05, 0.1) is 18.9 Å². The standard InChI is InChI=1S/C15H16ClNO4/c1-21-11-5-3-10(4-6-11)17-14(18)13-8-9(16)2-7-12(13)15(19)20/h2-6,12-13H,7-8H2,1H3,(H,17,18)(H,19,20)/t12-,13+/m1/s1. The molecule has 21 heavy (non-hydrogen) atoms. The van der Waals surface area contributed by atoms with Crippen LogP contribution < -0.4 is 10.1 Å². The van der Waals surface area contributed by atoms with Crippen LogP contribution in [0.15, 0.2) is 35.4 Å². The first-order valence-electron chi connectivity index (χ1n) is 6.53. The Balaban J connectivity index is 2.10. The van der Waals surface area contributed by atoms with Crippen LogP contribution in [-0.2, 0) is 9.59 Å². The topological polar surface area (TPSA) is 75.6 Å². The van der Waals surface area contributed by atoms with Gasteiger partial charge in [-0.2, -0.15) is 0 Å². The lowest BCUT2D eigenvalue weighted by Crippen LogP contribution is -2.35. The van der Waals surface area contributed by atoms with Crippen molar-refractivity contribution in [1.82, 2.24) is 0 Å². The molecule has 0 unspecified atom stereocenters. The molecule has 0 aromatic heterocycles. The summed E-state index contributed by atoms with van der Waals surface area (Å²) < 4.78 is 5.04. The summed E-state index contributed by atoms with van der Waals surface area (Å²) in [6.07, 6.45) is 2.19. The molecule has 5 nitrogen and oxygen atoms in total. The van der Waals surface area contributed by atoms with Gasteiger partial charge >= 0.3 is 5.97 Å². The molecule has 0 bridgehead atoms. The summed E-state index contributed by atoms with van der Waals surface area (Å²) in [6, 6.07) is 6.84. The molecule has 0 saturated carbocycles. The molecule has 112 valence electrons. The number of anilines is 1. The van der Waals surface area contributed by atoms with Crippen LogP contribution in [0.4, 0.5) is 5.69 Å². The van der Waals surface area contributed by atoms with Gasteiger partial charge in [-0.05, 0) is 37.1 Å². The van der Waals surface area contributed by atoms with Crippen molar-refractivity contribution >= 4 is 29.2 Å². The smallest absolute Gasteiger partial charge is 0.307 e. The number of halogens is 1. The number of carboxylic acid groups (broad SMARTS) is 1. The van der Waals surface area contributed by atoms with Crippen molar-refractivity contribution in [2.75, 3.05) is 12.4 Å². The minimum Gasteiger partial charge on any atom is -0.497 e. The number of aliphatic carboxylic acids is 1. The van der Waals surface area contributed by atoms with E-state index in [0.717, 1.165) is 0 Å². The van der Waals surface area contributed by atoms with E-state index in [-0.39, 0.29) is 18.7 Å². The summed E-state index contributed by atoms with van der Waals surface area (Å²) in [5.74, 6) is -2.04. The van der Waals surface area contributed by atoms with E-state index in [0.29, 0.717) is 16.5 Å². The largest absolute Gasteiger partial charge is 0.497 e. The Hall–Kier alpha value is -2.01. The minimum absolute atomic E-state index is 0.251. The summed E-state index contributed by atoms with van der Waals surface area (Å²) >= 11 is 5.94. The van der Waals surface area contributed by atoms with Crippen LogP contribution >= 0.6 is 11.6 Å². The van der Waals surface area contributed by atoms with Crippen LogP contribution in [0.2, 0.25) is 0 Å². The third-order valence-corrected chi connectivity index (χ3v) is 3.81. The highest BCUT2D eigenvalue weighted by atomic mass is 35.5. The quantitative estimate of drug-likeness (QED) is 0.896. The Labute approximate surface area is 127 Å². The van der Waals surface area contributed by atoms with Crippen molar-refractivity contribution in [2.45, 2.75) is 12.8 Å². The van der Waals surface area contributed by atoms with E-state index in [2.05, 4.69) is 5.32 Å². The fourth-order valence-corrected chi connectivity index (χ4v) is 2.57. The average molecular weight is 310 g/mol. The maximum Gasteiger partial charge on any atom is 0.307 e. The zero-order valence-corrected chi connectivity index (χ0v) is 12.3. The third-order valence-electron chi connectivity index (χ3n) is 3.51. The van der Waals surface area contributed by atoms with Crippen LogP contribution in [0.5, 0.6) is 5.75 Å². The second-order valence-corrected chi connectivity index (χ2v) is 5.35. The molecule has 2 N–H and O–H groups in total. The highest BCUT2D eigenvalue weighted by Crippen LogP contribution is 2.32. The number of methoxy groups -OCH3 is 1. The maximum atomic E-state index is 12.3. The summed E-state index contributed by atoms with van der Waals surface area (Å²) in [6.45, 7) is 0. The highest BCUT2D eigenvalue weighted by Gasteiger charge is 2.36. The van der Waals surface area contributed by atoms with Gasteiger partial charge in [-0.25, -0.2) is 0 Å². The number of allylic oxidation sites excluding steroid dienone is 2. The molecule has 0 saturated heterocycles. The van der Waals surface area contributed by atoms with Crippen LogP contribution in [-0.4, -0.2) is 24.1 Å². The maximum absolute atomic E-state index is 12.3. The van der Waals surface area contributed by atoms with Crippen LogP contribution in [0.1, 0.15) is 12.8 Å². The van der Waals surface area contributed by atoms with Crippen LogP contribution in [0.3, 0.4) is 0 Å². The number of hydrogen-bond acceptors (Lipinski definition) is 3. The molecule has 2 atom stereocenters. The fourth-order valence-electron chi connectivity index (χ4n) is 2.31. The Morgan fingerprint density at radius 1 is 1.29 bits per heavy atom. The number of carboxylic acids is 1. The van der Waals surface area contributed by atoms with E-state index in [4.69, 9.17) is 16.3 Å². The zero-order chi connectivity index (χ0) is 15.4. The van der Waals surface area contributed by atoms with Gasteiger partial charge in [0, 0.05) is 10.7 Å². The second kappa shape index (κ2) is 6.63. The molecule has 0 radical (unpaired) electrons. The van der Waals surface area contributed by atoms with E-state index >= 15 is 0 Å². The lowest BCUT2D eigenvalue weighted by molar-refractivity contribution is -0.146. The van der Waals surface area contributed by atoms with Crippen molar-refractivity contribution < 1.29 is 19.4 Å². The molecule has 1 aromatic rings. The molecule has 0 spiro atoms. The van der Waals surface area contributed by atoms with E-state index in [1.165, 1.54) is 0 Å². The number of rotatable bonds is 4. The molecule has 6 heteroatoms. The molecule has 1 amide bonds. The zero-order valence-electron chi connectivity index (χ0n) is 11.5. The number of benzene rings is 1. The van der Waals surface area contributed by atoms with Gasteiger partial charge < -0.3 is 15.2 Å². The highest BCUT2D eigenvalue weighted by molar-refractivity contribution is 6.29. The van der Waals surface area contributed by atoms with Crippen molar-refractivity contribution in [3.63, 3.8) is 0 Å². The molecule has 0 fully saturated rings. The fraction of sp³-hybridized carbons (Fsp3) is 0.333. The lowest BCUT2D eigenvalue weighted by atomic mass is 9.82. The van der Waals surface area contributed by atoms with E-state index in [1.807, 2.05) is 0 Å². The summed E-state index contributed by atoms with van der Waals surface area (Å²) in [5.41, 5.74) is 0.593. The first-order valence-corrected chi connectivity index (χ1v) is 6.91. The summed E-state index contributed by atoms with van der Waals surface area (Å²) in [7, 11) is 1.56. The van der Waals surface area contributed by atoms with Gasteiger partial charge in [0.1, 0.15) is 5.75 Å². The van der Waals surface area contributed by atoms with Gasteiger partial charge in [-0.1, -0.05) is 17.7 Å². The lowest BCUT2D eigenvalue weighted by Gasteiger charge is -2.25. The number of nitrogens with one attached hydrogen (secondary N) is 1. The minimum atomic E-state index is -0.981. The number of ether oxygens (including phenoxy) is 1. The normalized spacial score (nSPS) is 21.3. The average Bonchev–Trinajstić information content (AvgIpc) is 2.47. The van der Waals surface area contributed by atoms with E-state index < -0.39 is 17.8 Å². The summed E-state index contributed by atoms with van der Waals surface area (Å²) in [4.78, 5) is 23.5. The Kier molecular flexibility index (Phi) is 4.85. The van der Waals surface area contributed by atoms with Crippen molar-refractivity contribution in [2.24, 2.45) is 11.8 Å². The monoisotopic (exact) mass is 309 g/mol. The molecule has 1 aliphatic carbocycles. The molecule has 2 rings (SSSR count). The Morgan fingerprint density at radius 3 is 2.52 bits per heavy atom. The number of amides is 1. The molecule has 0 heterocycles. The third kappa shape index (κ3) is 3.76. The van der Waals surface area contributed by atoms with Crippen LogP contribution in [0.25, 0.3) is 0 Å². The van der Waals surface area contributed by atoms with Crippen molar-refractivity contribution in [3.8, 4) is 5.75 Å². The first-order chi connectivity index (χ1) is 10.0. The van der Waals surface area contributed by atoms with Gasteiger partial charge in [-0.15, -0.1) is 0 Å². The SMILES string of the molecule is COc1ccc(NC(=O)[C@H]2CC(Cl)=CC[C@H]2C(=O)O)cc1. The Bertz CT molecular complexity index is 568. The molecular weight excluding hydrogens is 294 g/mol. The molecule has 1 aliphatic rings. The summed E-state index contributed by atoms with van der Waals surface area (Å²) in [5, 5.41) is 12.5. The molecule has 0 aliphatic heterocycles. The van der Waals surface area contributed by atoms with E-state index in [9.17, 15) is 14.7 Å². The van der Waals surface area contributed by atoms with Gasteiger partial charge in [-0.3, -0.25) is 9.59 Å². The molecular formula is C15H16ClNO4. The predicted octanol–water partition coefficient (Wildman–Crippen LogP) is 2.87. The van der Waals surface area contributed by atoms with Crippen molar-refractivity contribution in [3.05, 3.63) is 35.4 Å². The van der Waals surface area contributed by atoms with Gasteiger partial charge in [0.2, 0.25) is 5.91 Å². The van der Waals surface area contributed by atoms with Crippen molar-refractivity contribution in [1.29, 1.82) is 0 Å². The van der Waals surface area contributed by atoms with Crippen LogP contribution in [0, 0.1) is 11.8 Å². The number of carbonyl (C=O) groups excluding carboxylic acids is 1. The van der Waals surface area contributed by atoms with Gasteiger partial charge in [0.25, 0.3) is 0 Å². The van der Waals surface area contributed by atoms with Gasteiger partial charge in [0.15, 0.2) is 0 Å². The Morgan fingerprint density at radius 2 is 1.95 bits per heavy atom. The predicted molar refractivity (Wildman–Crippen MR) is 79.4 cm³/mol. The first kappa shape index (κ1) is 15.4. The number of hydrogen-bond donors (Lipinski definition) is 2. The number of carbonyl (C=O) groups is 2.